The molecule has 220 valence electrons. The number of ether oxygens (including phenoxy) is 1. The zero-order valence-corrected chi connectivity index (χ0v) is 24.5. The average molecular weight is 564 g/mol. The predicted octanol–water partition coefficient (Wildman–Crippen LogP) is 2.99. The van der Waals surface area contributed by atoms with E-state index in [0.717, 1.165) is 36.0 Å². The van der Waals surface area contributed by atoms with Crippen molar-refractivity contribution in [3.63, 3.8) is 0 Å². The van der Waals surface area contributed by atoms with Gasteiger partial charge in [0.1, 0.15) is 12.1 Å². The van der Waals surface area contributed by atoms with Crippen LogP contribution in [-0.2, 0) is 38.5 Å². The molecule has 0 fully saturated rings. The van der Waals surface area contributed by atoms with Gasteiger partial charge in [0.25, 0.3) is 5.91 Å². The van der Waals surface area contributed by atoms with Crippen LogP contribution in [0.1, 0.15) is 68.8 Å². The molecular weight excluding hydrogens is 522 g/mol. The molecule has 4 amide bonds. The molecule has 5 N–H and O–H groups in total. The van der Waals surface area contributed by atoms with Gasteiger partial charge in [-0.3, -0.25) is 14.4 Å². The maximum atomic E-state index is 14.3. The largest absolute Gasteiger partial charge is 0.436 e. The Labute approximate surface area is 241 Å². The van der Waals surface area contributed by atoms with Gasteiger partial charge < -0.3 is 31.3 Å². The summed E-state index contributed by atoms with van der Waals surface area (Å²) in [5.41, 5.74) is 10.1. The number of nitrogens with one attached hydrogen (secondary N) is 3. The zero-order chi connectivity index (χ0) is 29.9. The fraction of sp³-hybridized carbons (Fsp3) is 0.484. The lowest BCUT2D eigenvalue weighted by Crippen LogP contribution is -2.61. The average Bonchev–Trinajstić information content (AvgIpc) is 2.94. The van der Waals surface area contributed by atoms with Crippen LogP contribution >= 0.6 is 0 Å². The maximum absolute atomic E-state index is 14.3. The van der Waals surface area contributed by atoms with Gasteiger partial charge in [-0.05, 0) is 66.0 Å². The number of rotatable bonds is 6. The third-order valence-electron chi connectivity index (χ3n) is 7.89. The minimum absolute atomic E-state index is 0.141. The van der Waals surface area contributed by atoms with Gasteiger partial charge in [0.05, 0.1) is 6.04 Å². The maximum Gasteiger partial charge on any atom is 0.407 e. The van der Waals surface area contributed by atoms with E-state index < -0.39 is 41.5 Å². The van der Waals surface area contributed by atoms with Crippen molar-refractivity contribution in [3.05, 3.63) is 64.7 Å². The summed E-state index contributed by atoms with van der Waals surface area (Å²) in [5, 5.41) is 8.32. The van der Waals surface area contributed by atoms with Crippen molar-refractivity contribution in [2.45, 2.75) is 84.2 Å². The number of amides is 4. The lowest BCUT2D eigenvalue weighted by atomic mass is 9.83. The first-order valence-corrected chi connectivity index (χ1v) is 14.1. The number of carbonyl (C=O) groups is 4. The van der Waals surface area contributed by atoms with E-state index in [1.807, 2.05) is 45.0 Å². The Bertz CT molecular complexity index is 1320. The molecule has 2 aromatic carbocycles. The second-order valence-electron chi connectivity index (χ2n) is 12.0. The SMILES string of the molecule is CNC(=O)OC(C)C(=O)NC(C(=O)N1Cc2cc(N)ccc2C[C@H]1C(=O)N[C@@H]1CCCc2ccccc21)C(C)(C)C. The second kappa shape index (κ2) is 12.2. The molecule has 10 nitrogen and oxygen atoms in total. The smallest absolute Gasteiger partial charge is 0.407 e. The molecule has 0 bridgehead atoms. The summed E-state index contributed by atoms with van der Waals surface area (Å²) in [6.45, 7) is 7.12. The highest BCUT2D eigenvalue weighted by atomic mass is 16.6. The van der Waals surface area contributed by atoms with Crippen LogP contribution in [0.15, 0.2) is 42.5 Å². The molecule has 0 saturated carbocycles. The minimum atomic E-state index is -1.13. The number of nitrogens with zero attached hydrogens (tertiary/aromatic N) is 1. The van der Waals surface area contributed by atoms with Crippen LogP contribution in [0.4, 0.5) is 10.5 Å². The van der Waals surface area contributed by atoms with Gasteiger partial charge in [0.2, 0.25) is 11.8 Å². The van der Waals surface area contributed by atoms with E-state index in [1.165, 1.54) is 19.5 Å². The lowest BCUT2D eigenvalue weighted by molar-refractivity contribution is -0.148. The molecule has 0 aromatic heterocycles. The van der Waals surface area contributed by atoms with Gasteiger partial charge in [0.15, 0.2) is 6.10 Å². The second-order valence-corrected chi connectivity index (χ2v) is 12.0. The predicted molar refractivity (Wildman–Crippen MR) is 156 cm³/mol. The quantitative estimate of drug-likeness (QED) is 0.398. The summed E-state index contributed by atoms with van der Waals surface area (Å²) < 4.78 is 5.07. The molecule has 0 radical (unpaired) electrons. The Morgan fingerprint density at radius 2 is 1.78 bits per heavy atom. The van der Waals surface area contributed by atoms with E-state index in [4.69, 9.17) is 10.5 Å². The standard InChI is InChI=1S/C31H41N5O5/c1-18(41-30(40)33-5)27(37)35-26(31(2,3)4)29(39)36-17-21-15-22(32)14-13-20(21)16-25(36)28(38)34-24-12-8-10-19-9-6-7-11-23(19)24/h6-7,9,11,13-15,18,24-26H,8,10,12,16-17,32H2,1-5H3,(H,33,40)(H,34,38)(H,35,37)/t18?,24-,25+,26?/m1/s1. The summed E-state index contributed by atoms with van der Waals surface area (Å²) in [7, 11) is 1.40. The molecule has 10 heteroatoms. The van der Waals surface area contributed by atoms with Crippen LogP contribution in [0.25, 0.3) is 0 Å². The van der Waals surface area contributed by atoms with Crippen LogP contribution in [0.3, 0.4) is 0 Å². The fourth-order valence-corrected chi connectivity index (χ4v) is 5.59. The molecule has 1 aliphatic heterocycles. The highest BCUT2D eigenvalue weighted by Gasteiger charge is 2.43. The van der Waals surface area contributed by atoms with Crippen molar-refractivity contribution in [2.24, 2.45) is 5.41 Å². The van der Waals surface area contributed by atoms with Gasteiger partial charge >= 0.3 is 6.09 Å². The summed E-state index contributed by atoms with van der Waals surface area (Å²) in [6.07, 6.45) is 1.20. The van der Waals surface area contributed by atoms with Crippen molar-refractivity contribution in [3.8, 4) is 0 Å². The van der Waals surface area contributed by atoms with Gasteiger partial charge in [-0.2, -0.15) is 0 Å². The first-order chi connectivity index (χ1) is 19.4. The van der Waals surface area contributed by atoms with Gasteiger partial charge in [-0.25, -0.2) is 4.79 Å². The number of hydrogen-bond donors (Lipinski definition) is 4. The number of fused-ring (bicyclic) bond motifs is 2. The lowest BCUT2D eigenvalue weighted by Gasteiger charge is -2.41. The van der Waals surface area contributed by atoms with Crippen LogP contribution < -0.4 is 21.7 Å². The third kappa shape index (κ3) is 6.81. The zero-order valence-electron chi connectivity index (χ0n) is 24.5. The van der Waals surface area contributed by atoms with Crippen molar-refractivity contribution in [1.82, 2.24) is 20.9 Å². The Morgan fingerprint density at radius 3 is 2.49 bits per heavy atom. The summed E-state index contributed by atoms with van der Waals surface area (Å²) >= 11 is 0. The Hall–Kier alpha value is -4.08. The number of alkyl carbamates (subject to hydrolysis) is 1. The van der Waals surface area contributed by atoms with Crippen LogP contribution in [0.2, 0.25) is 0 Å². The molecule has 1 aliphatic carbocycles. The van der Waals surface area contributed by atoms with Crippen molar-refractivity contribution >= 4 is 29.5 Å². The minimum Gasteiger partial charge on any atom is -0.436 e. The van der Waals surface area contributed by atoms with Crippen molar-refractivity contribution in [1.29, 1.82) is 0 Å². The van der Waals surface area contributed by atoms with Crippen LogP contribution in [-0.4, -0.2) is 54.0 Å². The number of carbonyl (C=O) groups excluding carboxylic acids is 4. The molecule has 0 saturated heterocycles. The highest BCUT2D eigenvalue weighted by molar-refractivity contribution is 5.94. The Morgan fingerprint density at radius 1 is 1.05 bits per heavy atom. The number of nitrogen functional groups attached to an aromatic ring is 1. The number of nitrogens with two attached hydrogens (primary N) is 1. The van der Waals surface area contributed by atoms with Crippen molar-refractivity contribution in [2.75, 3.05) is 12.8 Å². The van der Waals surface area contributed by atoms with E-state index in [9.17, 15) is 19.2 Å². The summed E-state index contributed by atoms with van der Waals surface area (Å²) in [5.74, 6) is -1.24. The Kier molecular flexibility index (Phi) is 8.89. The van der Waals surface area contributed by atoms with Crippen LogP contribution in [0.5, 0.6) is 0 Å². The van der Waals surface area contributed by atoms with Crippen molar-refractivity contribution < 1.29 is 23.9 Å². The highest BCUT2D eigenvalue weighted by Crippen LogP contribution is 2.32. The monoisotopic (exact) mass is 563 g/mol. The molecule has 4 atom stereocenters. The molecule has 0 spiro atoms. The first kappa shape index (κ1) is 29.9. The van der Waals surface area contributed by atoms with Gasteiger partial charge in [-0.15, -0.1) is 0 Å². The molecule has 41 heavy (non-hydrogen) atoms. The van der Waals surface area contributed by atoms with E-state index in [2.05, 4.69) is 28.1 Å². The molecule has 2 unspecified atom stereocenters. The topological polar surface area (TPSA) is 143 Å². The van der Waals surface area contributed by atoms with Crippen LogP contribution in [0, 0.1) is 5.41 Å². The summed E-state index contributed by atoms with van der Waals surface area (Å²) in [4.78, 5) is 54.4. The normalized spacial score (nSPS) is 19.6. The molecule has 2 aliphatic rings. The number of anilines is 1. The molecule has 1 heterocycles. The van der Waals surface area contributed by atoms with E-state index >= 15 is 0 Å². The fourth-order valence-electron chi connectivity index (χ4n) is 5.59. The van der Waals surface area contributed by atoms with E-state index in [1.54, 1.807) is 11.0 Å². The van der Waals surface area contributed by atoms with E-state index in [0.29, 0.717) is 12.1 Å². The summed E-state index contributed by atoms with van der Waals surface area (Å²) in [6, 6.07) is 11.8. The molecular formula is C31H41N5O5. The number of benzene rings is 2. The van der Waals surface area contributed by atoms with Gasteiger partial charge in [0, 0.05) is 25.7 Å². The Balaban J connectivity index is 1.63. The van der Waals surface area contributed by atoms with Gasteiger partial charge in [-0.1, -0.05) is 51.1 Å². The first-order valence-electron chi connectivity index (χ1n) is 14.1. The molecule has 2 aromatic rings. The third-order valence-corrected chi connectivity index (χ3v) is 7.89. The number of hydrogen-bond acceptors (Lipinski definition) is 6. The van der Waals surface area contributed by atoms with E-state index in [-0.39, 0.29) is 18.5 Å². The number of aryl methyl sites for hydroxylation is 1. The molecule has 4 rings (SSSR count).